The molecule has 0 aliphatic rings. The molecule has 0 saturated carbocycles. The first-order valence-electron chi connectivity index (χ1n) is 5.33. The molecule has 3 nitrogen and oxygen atoms in total. The highest BCUT2D eigenvalue weighted by Crippen LogP contribution is 2.30. The van der Waals surface area contributed by atoms with E-state index in [2.05, 4.69) is 13.5 Å². The van der Waals surface area contributed by atoms with Crippen molar-refractivity contribution in [1.29, 1.82) is 0 Å². The molecule has 1 radical (unpaired) electrons. The Kier molecular flexibility index (Phi) is 4.23. The molecular formula is C13H16NO2. The lowest BCUT2D eigenvalue weighted by molar-refractivity contribution is -0.386. The van der Waals surface area contributed by atoms with Crippen LogP contribution in [0.1, 0.15) is 30.4 Å². The first-order valence-corrected chi connectivity index (χ1v) is 5.33. The number of nitrogens with zero attached hydrogens (tertiary/aromatic N) is 1. The number of para-hydroxylation sites is 1. The minimum atomic E-state index is -0.317. The maximum absolute atomic E-state index is 11.1. The summed E-state index contributed by atoms with van der Waals surface area (Å²) in [6.45, 7) is 9.48. The molecule has 0 amide bonds. The molecule has 0 heterocycles. The summed E-state index contributed by atoms with van der Waals surface area (Å²) in [7, 11) is 0. The zero-order chi connectivity index (χ0) is 12.1. The van der Waals surface area contributed by atoms with Gasteiger partial charge in [0.2, 0.25) is 0 Å². The molecule has 0 aromatic heterocycles. The van der Waals surface area contributed by atoms with Crippen molar-refractivity contribution < 1.29 is 4.92 Å². The van der Waals surface area contributed by atoms with Crippen LogP contribution >= 0.6 is 0 Å². The van der Waals surface area contributed by atoms with Gasteiger partial charge in [0.15, 0.2) is 0 Å². The van der Waals surface area contributed by atoms with Gasteiger partial charge in [-0.25, -0.2) is 0 Å². The summed E-state index contributed by atoms with van der Waals surface area (Å²) >= 11 is 0. The molecule has 1 atom stereocenters. The number of allylic oxidation sites excluding steroid dienone is 1. The van der Waals surface area contributed by atoms with Crippen LogP contribution in [0, 0.1) is 17.0 Å². The van der Waals surface area contributed by atoms with Crippen LogP contribution in [0.15, 0.2) is 30.9 Å². The van der Waals surface area contributed by atoms with Crippen LogP contribution in [0.4, 0.5) is 5.69 Å². The number of hydrogen-bond donors (Lipinski definition) is 0. The van der Waals surface area contributed by atoms with Crippen molar-refractivity contribution in [2.75, 3.05) is 0 Å². The van der Waals surface area contributed by atoms with Crippen LogP contribution in [0.25, 0.3) is 0 Å². The van der Waals surface area contributed by atoms with Crippen LogP contribution in [-0.2, 0) is 6.42 Å². The molecule has 0 fully saturated rings. The highest BCUT2D eigenvalue weighted by atomic mass is 16.6. The van der Waals surface area contributed by atoms with Gasteiger partial charge in [-0.15, -0.1) is 6.58 Å². The van der Waals surface area contributed by atoms with Gasteiger partial charge in [-0.3, -0.25) is 10.1 Å². The molecule has 1 aromatic rings. The largest absolute Gasteiger partial charge is 0.276 e. The second-order valence-electron chi connectivity index (χ2n) is 3.70. The average molecular weight is 218 g/mol. The van der Waals surface area contributed by atoms with Gasteiger partial charge < -0.3 is 0 Å². The molecule has 1 rings (SSSR count). The summed E-state index contributed by atoms with van der Waals surface area (Å²) in [6.07, 6.45) is 3.23. The van der Waals surface area contributed by atoms with Crippen molar-refractivity contribution in [3.05, 3.63) is 59.0 Å². The normalized spacial score (nSPS) is 12.1. The molecule has 85 valence electrons. The third kappa shape index (κ3) is 2.48. The van der Waals surface area contributed by atoms with E-state index in [-0.39, 0.29) is 16.5 Å². The van der Waals surface area contributed by atoms with Gasteiger partial charge in [0.05, 0.1) is 4.92 Å². The summed E-state index contributed by atoms with van der Waals surface area (Å²) < 4.78 is 0. The molecule has 16 heavy (non-hydrogen) atoms. The van der Waals surface area contributed by atoms with Gasteiger partial charge in [0, 0.05) is 17.0 Å². The molecule has 0 aliphatic heterocycles. The molecule has 0 saturated heterocycles. The van der Waals surface area contributed by atoms with Gasteiger partial charge in [0.1, 0.15) is 0 Å². The van der Waals surface area contributed by atoms with E-state index in [9.17, 15) is 10.1 Å². The fraction of sp³-hybridized carbons (Fsp3) is 0.308. The van der Waals surface area contributed by atoms with Crippen molar-refractivity contribution in [1.82, 2.24) is 0 Å². The van der Waals surface area contributed by atoms with Crippen LogP contribution in [0.2, 0.25) is 0 Å². The van der Waals surface area contributed by atoms with E-state index in [0.717, 1.165) is 12.0 Å². The smallest absolute Gasteiger partial charge is 0.258 e. The number of benzene rings is 1. The van der Waals surface area contributed by atoms with E-state index in [0.29, 0.717) is 12.0 Å². The zero-order valence-electron chi connectivity index (χ0n) is 9.48. The SMILES string of the molecule is [CH2]C(C=C)c1cccc(CCC)c1[N+](=O)[O-]. The topological polar surface area (TPSA) is 43.1 Å². The monoisotopic (exact) mass is 218 g/mol. The van der Waals surface area contributed by atoms with Gasteiger partial charge in [-0.05, 0) is 13.3 Å². The third-order valence-electron chi connectivity index (χ3n) is 2.54. The summed E-state index contributed by atoms with van der Waals surface area (Å²) in [5.41, 5.74) is 1.62. The lowest BCUT2D eigenvalue weighted by atomic mass is 9.95. The first kappa shape index (κ1) is 12.4. The van der Waals surface area contributed by atoms with Crippen LogP contribution in [0.5, 0.6) is 0 Å². The van der Waals surface area contributed by atoms with Gasteiger partial charge >= 0.3 is 0 Å². The second-order valence-corrected chi connectivity index (χ2v) is 3.70. The van der Waals surface area contributed by atoms with Crippen LogP contribution in [-0.4, -0.2) is 4.92 Å². The number of nitro benzene ring substituents is 1. The lowest BCUT2D eigenvalue weighted by Gasteiger charge is -2.10. The Morgan fingerprint density at radius 3 is 2.75 bits per heavy atom. The number of hydrogen-bond acceptors (Lipinski definition) is 2. The van der Waals surface area contributed by atoms with E-state index in [1.165, 1.54) is 0 Å². The van der Waals surface area contributed by atoms with Crippen molar-refractivity contribution >= 4 is 5.69 Å². The Morgan fingerprint density at radius 2 is 2.25 bits per heavy atom. The molecule has 0 bridgehead atoms. The molecule has 1 unspecified atom stereocenters. The van der Waals surface area contributed by atoms with E-state index >= 15 is 0 Å². The first-order chi connectivity index (χ1) is 7.61. The van der Waals surface area contributed by atoms with E-state index in [1.54, 1.807) is 18.2 Å². The number of aryl methyl sites for hydroxylation is 1. The highest BCUT2D eigenvalue weighted by molar-refractivity contribution is 5.51. The van der Waals surface area contributed by atoms with E-state index in [1.807, 2.05) is 13.0 Å². The minimum Gasteiger partial charge on any atom is -0.258 e. The fourth-order valence-corrected chi connectivity index (χ4v) is 1.73. The molecule has 3 heteroatoms. The highest BCUT2D eigenvalue weighted by Gasteiger charge is 2.21. The standard InChI is InChI=1S/C13H16NO2/c1-4-7-11-8-6-9-12(10(3)5-2)13(11)14(15)16/h5-6,8-10H,2-4,7H2,1H3. The van der Waals surface area contributed by atoms with Crippen LogP contribution in [0.3, 0.4) is 0 Å². The number of rotatable bonds is 5. The zero-order valence-corrected chi connectivity index (χ0v) is 9.48. The second kappa shape index (κ2) is 5.45. The Balaban J connectivity index is 3.31. The summed E-state index contributed by atoms with van der Waals surface area (Å²) in [6, 6.07) is 5.40. The molecular weight excluding hydrogens is 202 g/mol. The average Bonchev–Trinajstić information content (AvgIpc) is 2.27. The summed E-state index contributed by atoms with van der Waals surface area (Å²) in [4.78, 5) is 10.8. The van der Waals surface area contributed by atoms with Gasteiger partial charge in [0.25, 0.3) is 5.69 Å². The van der Waals surface area contributed by atoms with E-state index in [4.69, 9.17) is 0 Å². The van der Waals surface area contributed by atoms with Crippen molar-refractivity contribution in [2.24, 2.45) is 0 Å². The lowest BCUT2D eigenvalue weighted by Crippen LogP contribution is -2.02. The maximum atomic E-state index is 11.1. The molecule has 1 aromatic carbocycles. The Hall–Kier alpha value is -1.64. The predicted octanol–water partition coefficient (Wildman–Crippen LogP) is 3.65. The van der Waals surface area contributed by atoms with Gasteiger partial charge in [-0.2, -0.15) is 0 Å². The maximum Gasteiger partial charge on any atom is 0.276 e. The minimum absolute atomic E-state index is 0.198. The Morgan fingerprint density at radius 1 is 1.56 bits per heavy atom. The van der Waals surface area contributed by atoms with Crippen LogP contribution < -0.4 is 0 Å². The van der Waals surface area contributed by atoms with Crippen molar-refractivity contribution in [2.45, 2.75) is 25.7 Å². The van der Waals surface area contributed by atoms with Gasteiger partial charge in [-0.1, -0.05) is 37.6 Å². The predicted molar refractivity (Wildman–Crippen MR) is 65.4 cm³/mol. The molecule has 0 spiro atoms. The number of nitro groups is 1. The molecule has 0 N–H and O–H groups in total. The summed E-state index contributed by atoms with van der Waals surface area (Å²) in [5, 5.41) is 11.1. The fourth-order valence-electron chi connectivity index (χ4n) is 1.73. The molecule has 0 aliphatic carbocycles. The van der Waals surface area contributed by atoms with E-state index < -0.39 is 0 Å². The third-order valence-corrected chi connectivity index (χ3v) is 2.54. The van der Waals surface area contributed by atoms with Crippen molar-refractivity contribution in [3.63, 3.8) is 0 Å². The Labute approximate surface area is 95.9 Å². The Bertz CT molecular complexity index is 399. The quantitative estimate of drug-likeness (QED) is 0.430. The summed E-state index contributed by atoms with van der Waals surface area (Å²) in [5.74, 6) is -0.239. The van der Waals surface area contributed by atoms with Crippen molar-refractivity contribution in [3.8, 4) is 0 Å².